The van der Waals surface area contributed by atoms with E-state index in [2.05, 4.69) is 51.1 Å². The van der Waals surface area contributed by atoms with Crippen LogP contribution >= 0.6 is 0 Å². The lowest BCUT2D eigenvalue weighted by atomic mass is 10.0. The summed E-state index contributed by atoms with van der Waals surface area (Å²) in [7, 11) is 0. The van der Waals surface area contributed by atoms with Crippen LogP contribution in [0.3, 0.4) is 0 Å². The SMILES string of the molecule is CCCCc1cccc(-c2cc(-c3nc(C)nc(C)n3)ccn2)c1. The number of aryl methyl sites for hydroxylation is 3. The lowest BCUT2D eigenvalue weighted by molar-refractivity contribution is 0.795. The third-order valence-electron chi connectivity index (χ3n) is 3.92. The van der Waals surface area contributed by atoms with Gasteiger partial charge in [0.05, 0.1) is 5.69 Å². The van der Waals surface area contributed by atoms with Crippen molar-refractivity contribution in [3.8, 4) is 22.6 Å². The fourth-order valence-corrected chi connectivity index (χ4v) is 2.74. The quantitative estimate of drug-likeness (QED) is 0.692. The van der Waals surface area contributed by atoms with Gasteiger partial charge in [-0.1, -0.05) is 31.5 Å². The Hall–Kier alpha value is -2.62. The average Bonchev–Trinajstić information content (AvgIpc) is 2.59. The van der Waals surface area contributed by atoms with Crippen LogP contribution in [0.4, 0.5) is 0 Å². The molecule has 2 heterocycles. The van der Waals surface area contributed by atoms with E-state index < -0.39 is 0 Å². The molecule has 3 rings (SSSR count). The first-order valence-corrected chi connectivity index (χ1v) is 8.40. The Bertz CT molecular complexity index is 822. The maximum atomic E-state index is 4.53. The minimum atomic E-state index is 0.700. The van der Waals surface area contributed by atoms with Gasteiger partial charge in [0, 0.05) is 17.3 Å². The molecule has 0 spiro atoms. The maximum Gasteiger partial charge on any atom is 0.163 e. The molecular formula is C20H22N4. The monoisotopic (exact) mass is 318 g/mol. The molecule has 0 saturated carbocycles. The predicted molar refractivity (Wildman–Crippen MR) is 96.6 cm³/mol. The largest absolute Gasteiger partial charge is 0.256 e. The first-order valence-electron chi connectivity index (χ1n) is 8.40. The predicted octanol–water partition coefficient (Wildman–Crippen LogP) is 4.56. The molecule has 0 aliphatic heterocycles. The van der Waals surface area contributed by atoms with Crippen LogP contribution in [-0.4, -0.2) is 19.9 Å². The molecule has 0 aliphatic rings. The summed E-state index contributed by atoms with van der Waals surface area (Å²) < 4.78 is 0. The molecule has 0 unspecified atom stereocenters. The van der Waals surface area contributed by atoms with Crippen LogP contribution in [-0.2, 0) is 6.42 Å². The van der Waals surface area contributed by atoms with Gasteiger partial charge >= 0.3 is 0 Å². The third kappa shape index (κ3) is 3.82. The molecule has 0 aliphatic carbocycles. The van der Waals surface area contributed by atoms with Crippen LogP contribution in [0, 0.1) is 13.8 Å². The number of nitrogens with zero attached hydrogens (tertiary/aromatic N) is 4. The molecule has 122 valence electrons. The maximum absolute atomic E-state index is 4.53. The lowest BCUT2D eigenvalue weighted by Gasteiger charge is -2.07. The number of unbranched alkanes of at least 4 members (excludes halogenated alkanes) is 1. The Morgan fingerprint density at radius 3 is 2.42 bits per heavy atom. The number of hydrogen-bond donors (Lipinski definition) is 0. The fourth-order valence-electron chi connectivity index (χ4n) is 2.74. The summed E-state index contributed by atoms with van der Waals surface area (Å²) in [5.74, 6) is 2.17. The van der Waals surface area contributed by atoms with Crippen molar-refractivity contribution in [3.05, 3.63) is 59.8 Å². The zero-order chi connectivity index (χ0) is 16.9. The van der Waals surface area contributed by atoms with Gasteiger partial charge in [0.25, 0.3) is 0 Å². The van der Waals surface area contributed by atoms with E-state index in [0.29, 0.717) is 5.82 Å². The van der Waals surface area contributed by atoms with Crippen LogP contribution < -0.4 is 0 Å². The molecule has 2 aromatic heterocycles. The topological polar surface area (TPSA) is 51.6 Å². The van der Waals surface area contributed by atoms with Gasteiger partial charge in [0.2, 0.25) is 0 Å². The Morgan fingerprint density at radius 1 is 0.875 bits per heavy atom. The second-order valence-electron chi connectivity index (χ2n) is 5.99. The van der Waals surface area contributed by atoms with E-state index in [1.54, 1.807) is 0 Å². The van der Waals surface area contributed by atoms with Crippen molar-refractivity contribution in [2.75, 3.05) is 0 Å². The third-order valence-corrected chi connectivity index (χ3v) is 3.92. The Labute approximate surface area is 143 Å². The van der Waals surface area contributed by atoms with Crippen molar-refractivity contribution in [2.24, 2.45) is 0 Å². The molecule has 1 aromatic carbocycles. The van der Waals surface area contributed by atoms with Gasteiger partial charge < -0.3 is 0 Å². The zero-order valence-corrected chi connectivity index (χ0v) is 14.5. The average molecular weight is 318 g/mol. The van der Waals surface area contributed by atoms with Crippen LogP contribution in [0.1, 0.15) is 37.0 Å². The van der Waals surface area contributed by atoms with Crippen molar-refractivity contribution in [1.82, 2.24) is 19.9 Å². The Balaban J connectivity index is 1.96. The van der Waals surface area contributed by atoms with E-state index in [4.69, 9.17) is 0 Å². The van der Waals surface area contributed by atoms with Gasteiger partial charge in [-0.2, -0.15) is 0 Å². The fraction of sp³-hybridized carbons (Fsp3) is 0.300. The molecular weight excluding hydrogens is 296 g/mol. The van der Waals surface area contributed by atoms with Crippen molar-refractivity contribution in [3.63, 3.8) is 0 Å². The molecule has 0 saturated heterocycles. The van der Waals surface area contributed by atoms with Crippen LogP contribution in [0.5, 0.6) is 0 Å². The van der Waals surface area contributed by atoms with Gasteiger partial charge in [-0.05, 0) is 50.5 Å². The summed E-state index contributed by atoms with van der Waals surface area (Å²) in [4.78, 5) is 17.7. The minimum absolute atomic E-state index is 0.700. The molecule has 4 nitrogen and oxygen atoms in total. The molecule has 0 fully saturated rings. The van der Waals surface area contributed by atoms with Crippen LogP contribution in [0.15, 0.2) is 42.6 Å². The Kier molecular flexibility index (Phi) is 4.94. The van der Waals surface area contributed by atoms with Crippen LogP contribution in [0.2, 0.25) is 0 Å². The van der Waals surface area contributed by atoms with Crippen molar-refractivity contribution < 1.29 is 0 Å². The Morgan fingerprint density at radius 2 is 1.67 bits per heavy atom. The molecule has 0 N–H and O–H groups in total. The number of hydrogen-bond acceptors (Lipinski definition) is 4. The van der Waals surface area contributed by atoms with Crippen molar-refractivity contribution >= 4 is 0 Å². The van der Waals surface area contributed by atoms with E-state index in [-0.39, 0.29) is 0 Å². The second-order valence-corrected chi connectivity index (χ2v) is 5.99. The molecule has 0 amide bonds. The van der Waals surface area contributed by atoms with Gasteiger partial charge in [-0.3, -0.25) is 4.98 Å². The number of rotatable bonds is 5. The summed E-state index contributed by atoms with van der Waals surface area (Å²) in [5, 5.41) is 0. The van der Waals surface area contributed by atoms with Gasteiger partial charge in [0.15, 0.2) is 5.82 Å². The minimum Gasteiger partial charge on any atom is -0.256 e. The summed E-state index contributed by atoms with van der Waals surface area (Å²) in [6.45, 7) is 5.99. The normalized spacial score (nSPS) is 10.8. The highest BCUT2D eigenvalue weighted by atomic mass is 15.0. The highest BCUT2D eigenvalue weighted by Gasteiger charge is 2.07. The molecule has 4 heteroatoms. The van der Waals surface area contributed by atoms with Crippen molar-refractivity contribution in [2.45, 2.75) is 40.0 Å². The number of benzene rings is 1. The second kappa shape index (κ2) is 7.30. The summed E-state index contributed by atoms with van der Waals surface area (Å²) in [6.07, 6.45) is 5.34. The molecule has 3 aromatic rings. The highest BCUT2D eigenvalue weighted by molar-refractivity contribution is 5.67. The zero-order valence-electron chi connectivity index (χ0n) is 14.5. The van der Waals surface area contributed by atoms with E-state index in [1.165, 1.54) is 18.4 Å². The lowest BCUT2D eigenvalue weighted by Crippen LogP contribution is -1.99. The molecule has 24 heavy (non-hydrogen) atoms. The first kappa shape index (κ1) is 16.2. The molecule has 0 bridgehead atoms. The van der Waals surface area contributed by atoms with Crippen molar-refractivity contribution in [1.29, 1.82) is 0 Å². The van der Waals surface area contributed by atoms with Crippen LogP contribution in [0.25, 0.3) is 22.6 Å². The van der Waals surface area contributed by atoms with Gasteiger partial charge in [0.1, 0.15) is 11.6 Å². The summed E-state index contributed by atoms with van der Waals surface area (Å²) in [5.41, 5.74) is 4.40. The smallest absolute Gasteiger partial charge is 0.163 e. The van der Waals surface area contributed by atoms with Gasteiger partial charge in [-0.15, -0.1) is 0 Å². The number of pyridine rings is 1. The first-order chi connectivity index (χ1) is 11.7. The number of aromatic nitrogens is 4. The molecule has 0 atom stereocenters. The summed E-state index contributed by atoms with van der Waals surface area (Å²) in [6, 6.07) is 12.6. The van der Waals surface area contributed by atoms with E-state index in [1.807, 2.05) is 32.2 Å². The highest BCUT2D eigenvalue weighted by Crippen LogP contribution is 2.23. The van der Waals surface area contributed by atoms with E-state index >= 15 is 0 Å². The molecule has 0 radical (unpaired) electrons. The van der Waals surface area contributed by atoms with E-state index in [9.17, 15) is 0 Å². The standard InChI is InChI=1S/C20H22N4/c1-4-5-7-16-8-6-9-17(12-16)19-13-18(10-11-21-19)20-23-14(2)22-15(3)24-20/h6,8-13H,4-5,7H2,1-3H3. The van der Waals surface area contributed by atoms with Gasteiger partial charge in [-0.25, -0.2) is 15.0 Å². The van der Waals surface area contributed by atoms with E-state index in [0.717, 1.165) is 34.9 Å². The summed E-state index contributed by atoms with van der Waals surface area (Å²) >= 11 is 0.